The van der Waals surface area contributed by atoms with E-state index in [1.165, 1.54) is 6.92 Å². The summed E-state index contributed by atoms with van der Waals surface area (Å²) in [7, 11) is 0. The van der Waals surface area contributed by atoms with E-state index in [1.54, 1.807) is 6.07 Å². The lowest BCUT2D eigenvalue weighted by molar-refractivity contribution is 0.0692. The molecule has 1 N–H and O–H groups in total. The maximum Gasteiger partial charge on any atom is 0.336 e. The topological polar surface area (TPSA) is 63.6 Å². The van der Waals surface area contributed by atoms with Crippen LogP contribution in [-0.2, 0) is 6.61 Å². The van der Waals surface area contributed by atoms with Crippen molar-refractivity contribution in [2.24, 2.45) is 0 Å². The van der Waals surface area contributed by atoms with E-state index < -0.39 is 5.97 Å². The number of Topliss-reactive ketones (excluding diaryl/α,β-unsaturated/α-hetero) is 1. The Labute approximate surface area is 174 Å². The minimum absolute atomic E-state index is 0.00550. The first-order valence-electron chi connectivity index (χ1n) is 9.61. The molecule has 0 aliphatic heterocycles. The van der Waals surface area contributed by atoms with Crippen LogP contribution in [0.3, 0.4) is 0 Å². The summed E-state index contributed by atoms with van der Waals surface area (Å²) in [4.78, 5) is 24.4. The molecule has 0 amide bonds. The van der Waals surface area contributed by atoms with Crippen molar-refractivity contribution in [2.75, 3.05) is 0 Å². The monoisotopic (exact) mass is 396 g/mol. The highest BCUT2D eigenvalue weighted by Gasteiger charge is 2.22. The largest absolute Gasteiger partial charge is 0.489 e. The van der Waals surface area contributed by atoms with Gasteiger partial charge in [0, 0.05) is 11.1 Å². The van der Waals surface area contributed by atoms with Crippen LogP contribution in [0.4, 0.5) is 0 Å². The second kappa shape index (κ2) is 8.21. The van der Waals surface area contributed by atoms with Crippen LogP contribution in [0.15, 0.2) is 84.9 Å². The van der Waals surface area contributed by atoms with Crippen molar-refractivity contribution in [3.63, 3.8) is 0 Å². The van der Waals surface area contributed by atoms with Crippen molar-refractivity contribution < 1.29 is 19.4 Å². The summed E-state index contributed by atoms with van der Waals surface area (Å²) < 4.78 is 5.91. The van der Waals surface area contributed by atoms with E-state index >= 15 is 0 Å². The van der Waals surface area contributed by atoms with Crippen LogP contribution in [-0.4, -0.2) is 16.9 Å². The summed E-state index contributed by atoms with van der Waals surface area (Å²) in [5, 5.41) is 11.3. The Morgan fingerprint density at radius 1 is 0.867 bits per heavy atom. The lowest BCUT2D eigenvalue weighted by Gasteiger charge is -2.16. The van der Waals surface area contributed by atoms with Crippen molar-refractivity contribution in [3.05, 3.63) is 102 Å². The first-order chi connectivity index (χ1) is 14.5. The van der Waals surface area contributed by atoms with Crippen LogP contribution >= 0.6 is 0 Å². The Bertz CT molecular complexity index is 1230. The van der Waals surface area contributed by atoms with Crippen LogP contribution < -0.4 is 4.74 Å². The molecule has 0 heterocycles. The van der Waals surface area contributed by atoms with Gasteiger partial charge >= 0.3 is 5.97 Å². The number of carbonyl (C=O) groups is 2. The van der Waals surface area contributed by atoms with Gasteiger partial charge < -0.3 is 9.84 Å². The molecule has 0 spiro atoms. The van der Waals surface area contributed by atoms with Gasteiger partial charge in [0.15, 0.2) is 5.78 Å². The van der Waals surface area contributed by atoms with Gasteiger partial charge in [0.05, 0.1) is 5.56 Å². The molecule has 0 aliphatic rings. The zero-order valence-electron chi connectivity index (χ0n) is 16.5. The van der Waals surface area contributed by atoms with E-state index in [4.69, 9.17) is 4.74 Å². The van der Waals surface area contributed by atoms with Gasteiger partial charge in [0.2, 0.25) is 0 Å². The Morgan fingerprint density at radius 2 is 1.53 bits per heavy atom. The van der Waals surface area contributed by atoms with Crippen molar-refractivity contribution in [3.8, 4) is 16.9 Å². The second-order valence-corrected chi connectivity index (χ2v) is 7.06. The Morgan fingerprint density at radius 3 is 2.17 bits per heavy atom. The molecule has 0 aromatic heterocycles. The average Bonchev–Trinajstić information content (AvgIpc) is 2.77. The fourth-order valence-electron chi connectivity index (χ4n) is 3.65. The molecule has 0 aliphatic carbocycles. The fraction of sp³-hybridized carbons (Fsp3) is 0.0769. The Balaban J connectivity index is 1.87. The number of ketones is 1. The van der Waals surface area contributed by atoms with E-state index in [0.717, 1.165) is 16.5 Å². The molecule has 0 unspecified atom stereocenters. The van der Waals surface area contributed by atoms with Crippen molar-refractivity contribution in [1.82, 2.24) is 0 Å². The number of hydrogen-bond acceptors (Lipinski definition) is 3. The van der Waals surface area contributed by atoms with E-state index in [1.807, 2.05) is 78.9 Å². The lowest BCUT2D eigenvalue weighted by Crippen LogP contribution is -2.09. The van der Waals surface area contributed by atoms with E-state index in [9.17, 15) is 14.7 Å². The Kier molecular flexibility index (Phi) is 5.31. The highest BCUT2D eigenvalue weighted by atomic mass is 16.5. The maximum atomic E-state index is 12.4. The highest BCUT2D eigenvalue weighted by molar-refractivity contribution is 6.16. The number of aromatic carboxylic acids is 1. The van der Waals surface area contributed by atoms with Gasteiger partial charge in [-0.15, -0.1) is 0 Å². The molecule has 0 fully saturated rings. The molecule has 0 atom stereocenters. The molecule has 4 nitrogen and oxygen atoms in total. The molecule has 4 aromatic rings. The number of rotatable bonds is 6. The van der Waals surface area contributed by atoms with E-state index in [0.29, 0.717) is 23.3 Å². The first kappa shape index (κ1) is 19.4. The molecule has 0 saturated heterocycles. The molecule has 30 heavy (non-hydrogen) atoms. The van der Waals surface area contributed by atoms with Gasteiger partial charge in [-0.1, -0.05) is 66.7 Å². The number of carbonyl (C=O) groups excluding carboxylic acids is 1. The van der Waals surface area contributed by atoms with Crippen LogP contribution in [0.25, 0.3) is 21.9 Å². The van der Waals surface area contributed by atoms with E-state index in [-0.39, 0.29) is 16.9 Å². The predicted octanol–water partition coefficient (Wildman–Crippen LogP) is 5.99. The standard InChI is InChI=1S/C26H20O4/c1-17(27)24-23(26(28)29)15-20-14-21(30-16-18-8-4-2-5-9-18)12-13-22(20)25(24)19-10-6-3-7-11-19/h2-15H,16H2,1H3,(H,28,29). The van der Waals surface area contributed by atoms with E-state index in [2.05, 4.69) is 0 Å². The molecule has 0 bridgehead atoms. The molecular formula is C26H20O4. The minimum Gasteiger partial charge on any atom is -0.489 e. The summed E-state index contributed by atoms with van der Waals surface area (Å²) in [5.74, 6) is -0.773. The smallest absolute Gasteiger partial charge is 0.336 e. The summed E-state index contributed by atoms with van der Waals surface area (Å²) in [6, 6.07) is 26.3. The van der Waals surface area contributed by atoms with Gasteiger partial charge in [-0.2, -0.15) is 0 Å². The number of carboxylic acids is 1. The molecule has 4 rings (SSSR count). The highest BCUT2D eigenvalue weighted by Crippen LogP contribution is 2.36. The van der Waals surface area contributed by atoms with Gasteiger partial charge in [0.1, 0.15) is 12.4 Å². The molecule has 148 valence electrons. The first-order valence-corrected chi connectivity index (χ1v) is 9.61. The summed E-state index contributed by atoms with van der Waals surface area (Å²) in [6.07, 6.45) is 0. The zero-order chi connectivity index (χ0) is 21.1. The van der Waals surface area contributed by atoms with Crippen molar-refractivity contribution in [1.29, 1.82) is 0 Å². The average molecular weight is 396 g/mol. The number of ether oxygens (including phenoxy) is 1. The van der Waals surface area contributed by atoms with Crippen LogP contribution in [0.1, 0.15) is 33.2 Å². The number of fused-ring (bicyclic) bond motifs is 1. The Hall–Kier alpha value is -3.92. The zero-order valence-corrected chi connectivity index (χ0v) is 16.5. The summed E-state index contributed by atoms with van der Waals surface area (Å²) >= 11 is 0. The second-order valence-electron chi connectivity index (χ2n) is 7.06. The van der Waals surface area contributed by atoms with Crippen LogP contribution in [0.5, 0.6) is 5.75 Å². The maximum absolute atomic E-state index is 12.4. The number of benzene rings is 4. The van der Waals surface area contributed by atoms with Gasteiger partial charge in [-0.05, 0) is 47.0 Å². The number of hydrogen-bond donors (Lipinski definition) is 1. The summed E-state index contributed by atoms with van der Waals surface area (Å²) in [5.41, 5.74) is 2.69. The molecule has 4 heteroatoms. The molecule has 4 aromatic carbocycles. The summed E-state index contributed by atoms with van der Waals surface area (Å²) in [6.45, 7) is 1.81. The SMILES string of the molecule is CC(=O)c1c(C(=O)O)cc2cc(OCc3ccccc3)ccc2c1-c1ccccc1. The molecule has 0 radical (unpaired) electrons. The van der Waals surface area contributed by atoms with Crippen molar-refractivity contribution >= 4 is 22.5 Å². The quantitative estimate of drug-likeness (QED) is 0.407. The lowest BCUT2D eigenvalue weighted by atomic mass is 9.88. The van der Waals surface area contributed by atoms with Crippen LogP contribution in [0, 0.1) is 0 Å². The third-order valence-electron chi connectivity index (χ3n) is 5.00. The normalized spacial score (nSPS) is 10.7. The fourth-order valence-corrected chi connectivity index (χ4v) is 3.65. The molecule has 0 saturated carbocycles. The predicted molar refractivity (Wildman–Crippen MR) is 117 cm³/mol. The minimum atomic E-state index is -1.13. The van der Waals surface area contributed by atoms with Crippen LogP contribution in [0.2, 0.25) is 0 Å². The molecular weight excluding hydrogens is 376 g/mol. The van der Waals surface area contributed by atoms with Gasteiger partial charge in [-0.3, -0.25) is 4.79 Å². The third kappa shape index (κ3) is 3.80. The van der Waals surface area contributed by atoms with Gasteiger partial charge in [0.25, 0.3) is 0 Å². The van der Waals surface area contributed by atoms with Gasteiger partial charge in [-0.25, -0.2) is 4.79 Å². The number of carboxylic acid groups (broad SMARTS) is 1. The van der Waals surface area contributed by atoms with Crippen molar-refractivity contribution in [2.45, 2.75) is 13.5 Å². The third-order valence-corrected chi connectivity index (χ3v) is 5.00.